The van der Waals surface area contributed by atoms with Crippen LogP contribution in [0.2, 0.25) is 0 Å². The zero-order chi connectivity index (χ0) is 17.5. The lowest BCUT2D eigenvalue weighted by Gasteiger charge is -2.22. The van der Waals surface area contributed by atoms with Crippen LogP contribution in [0.4, 0.5) is 5.69 Å². The number of carbonyl (C=O) groups excluding carboxylic acids is 1. The van der Waals surface area contributed by atoms with E-state index in [-0.39, 0.29) is 5.91 Å². The number of anilines is 1. The minimum atomic E-state index is -0.0343. The third-order valence-electron chi connectivity index (χ3n) is 4.63. The number of rotatable bonds is 5. The van der Waals surface area contributed by atoms with Crippen molar-refractivity contribution in [2.75, 3.05) is 25.0 Å². The van der Waals surface area contributed by atoms with Crippen LogP contribution in [0.5, 0.6) is 0 Å². The Kier molecular flexibility index (Phi) is 5.94. The molecule has 0 bridgehead atoms. The Morgan fingerprint density at radius 1 is 1.12 bits per heavy atom. The van der Waals surface area contributed by atoms with Gasteiger partial charge in [-0.3, -0.25) is 4.79 Å². The fourth-order valence-corrected chi connectivity index (χ4v) is 3.13. The van der Waals surface area contributed by atoms with Gasteiger partial charge < -0.3 is 14.2 Å². The smallest absolute Gasteiger partial charge is 0.246 e. The molecule has 1 aliphatic heterocycles. The topological polar surface area (TPSA) is 36.7 Å². The van der Waals surface area contributed by atoms with Gasteiger partial charge in [-0.05, 0) is 48.7 Å². The Morgan fingerprint density at radius 2 is 1.84 bits per heavy atom. The van der Waals surface area contributed by atoms with E-state index < -0.39 is 0 Å². The van der Waals surface area contributed by atoms with Crippen LogP contribution >= 0.6 is 0 Å². The standard InChI is InChI=1S/C21H26N2O2/c1-22(17-20-7-6-16-25-20)21(24)13-10-18-8-11-19(12-9-18)23-14-4-2-3-5-15-23/h6-13,16H,2-5,14-15,17H2,1H3/b13-10+. The van der Waals surface area contributed by atoms with Gasteiger partial charge in [0, 0.05) is 31.9 Å². The summed E-state index contributed by atoms with van der Waals surface area (Å²) in [6.45, 7) is 2.76. The predicted molar refractivity (Wildman–Crippen MR) is 101 cm³/mol. The van der Waals surface area contributed by atoms with Crippen LogP contribution in [0.15, 0.2) is 53.2 Å². The molecule has 0 radical (unpaired) electrons. The molecule has 1 saturated heterocycles. The van der Waals surface area contributed by atoms with E-state index in [1.54, 1.807) is 24.3 Å². The molecule has 0 unspecified atom stereocenters. The molecule has 1 amide bonds. The van der Waals surface area contributed by atoms with Crippen LogP contribution in [0.3, 0.4) is 0 Å². The number of hydrogen-bond donors (Lipinski definition) is 0. The maximum atomic E-state index is 12.2. The zero-order valence-electron chi connectivity index (χ0n) is 14.9. The van der Waals surface area contributed by atoms with Gasteiger partial charge in [0.15, 0.2) is 0 Å². The van der Waals surface area contributed by atoms with Gasteiger partial charge in [-0.25, -0.2) is 0 Å². The average Bonchev–Trinajstić information content (AvgIpc) is 2.99. The van der Waals surface area contributed by atoms with Crippen LogP contribution in [0.1, 0.15) is 37.0 Å². The molecule has 2 heterocycles. The molecule has 0 aliphatic carbocycles. The largest absolute Gasteiger partial charge is 0.467 e. The highest BCUT2D eigenvalue weighted by Gasteiger charge is 2.10. The zero-order valence-corrected chi connectivity index (χ0v) is 14.9. The van der Waals surface area contributed by atoms with Crippen LogP contribution < -0.4 is 4.90 Å². The average molecular weight is 338 g/mol. The normalized spacial score (nSPS) is 15.3. The van der Waals surface area contributed by atoms with E-state index in [4.69, 9.17) is 4.42 Å². The second kappa shape index (κ2) is 8.56. The van der Waals surface area contributed by atoms with Gasteiger partial charge in [0.05, 0.1) is 12.8 Å². The molecule has 3 rings (SSSR count). The first-order valence-corrected chi connectivity index (χ1v) is 9.03. The Labute approximate surface area is 149 Å². The summed E-state index contributed by atoms with van der Waals surface area (Å²) in [6.07, 6.45) is 10.3. The van der Waals surface area contributed by atoms with Gasteiger partial charge in [0.25, 0.3) is 0 Å². The van der Waals surface area contributed by atoms with E-state index in [1.807, 2.05) is 18.2 Å². The minimum absolute atomic E-state index is 0.0343. The lowest BCUT2D eigenvalue weighted by molar-refractivity contribution is -0.125. The maximum Gasteiger partial charge on any atom is 0.246 e. The molecule has 4 heteroatoms. The molecule has 2 aromatic rings. The van der Waals surface area contributed by atoms with E-state index in [2.05, 4.69) is 29.2 Å². The third kappa shape index (κ3) is 4.99. The summed E-state index contributed by atoms with van der Waals surface area (Å²) in [5.74, 6) is 0.749. The van der Waals surface area contributed by atoms with Gasteiger partial charge in [0.2, 0.25) is 5.91 Å². The highest BCUT2D eigenvalue weighted by molar-refractivity contribution is 5.91. The fraction of sp³-hybridized carbons (Fsp3) is 0.381. The molecule has 4 nitrogen and oxygen atoms in total. The number of benzene rings is 1. The summed E-state index contributed by atoms with van der Waals surface area (Å²) in [5, 5.41) is 0. The quantitative estimate of drug-likeness (QED) is 0.761. The monoisotopic (exact) mass is 338 g/mol. The first-order chi connectivity index (χ1) is 12.2. The SMILES string of the molecule is CN(Cc1ccco1)C(=O)/C=C/c1ccc(N2CCCCCC2)cc1. The number of furan rings is 1. The summed E-state index contributed by atoms with van der Waals surface area (Å²) in [4.78, 5) is 16.3. The number of likely N-dealkylation sites (N-methyl/N-ethyl adjacent to an activating group) is 1. The van der Waals surface area contributed by atoms with Gasteiger partial charge in [-0.15, -0.1) is 0 Å². The predicted octanol–water partition coefficient (Wildman–Crippen LogP) is 4.33. The highest BCUT2D eigenvalue weighted by atomic mass is 16.3. The lowest BCUT2D eigenvalue weighted by Crippen LogP contribution is -2.24. The van der Waals surface area contributed by atoms with Crippen molar-refractivity contribution in [3.63, 3.8) is 0 Å². The summed E-state index contributed by atoms with van der Waals surface area (Å²) >= 11 is 0. The van der Waals surface area contributed by atoms with Crippen LogP contribution in [0.25, 0.3) is 6.08 Å². The molecule has 0 N–H and O–H groups in total. The maximum absolute atomic E-state index is 12.2. The number of carbonyl (C=O) groups is 1. The Hall–Kier alpha value is -2.49. The molecule has 132 valence electrons. The van der Waals surface area contributed by atoms with E-state index >= 15 is 0 Å². The van der Waals surface area contributed by atoms with Crippen molar-refractivity contribution in [3.8, 4) is 0 Å². The third-order valence-corrected chi connectivity index (χ3v) is 4.63. The molecule has 1 aromatic carbocycles. The second-order valence-corrected chi connectivity index (χ2v) is 6.60. The second-order valence-electron chi connectivity index (χ2n) is 6.60. The Bertz CT molecular complexity index is 681. The van der Waals surface area contributed by atoms with Crippen LogP contribution in [0, 0.1) is 0 Å². The summed E-state index contributed by atoms with van der Waals surface area (Å²) < 4.78 is 5.27. The van der Waals surface area contributed by atoms with Gasteiger partial charge in [0.1, 0.15) is 5.76 Å². The van der Waals surface area contributed by atoms with Crippen molar-refractivity contribution >= 4 is 17.7 Å². The summed E-state index contributed by atoms with van der Waals surface area (Å²) in [7, 11) is 1.78. The number of nitrogens with zero attached hydrogens (tertiary/aromatic N) is 2. The fourth-order valence-electron chi connectivity index (χ4n) is 3.13. The molecule has 25 heavy (non-hydrogen) atoms. The molecule has 1 aliphatic rings. The number of hydrogen-bond acceptors (Lipinski definition) is 3. The molecule has 1 fully saturated rings. The first kappa shape index (κ1) is 17.3. The molecule has 0 atom stereocenters. The molecule has 0 spiro atoms. The highest BCUT2D eigenvalue weighted by Crippen LogP contribution is 2.20. The molecule has 1 aromatic heterocycles. The van der Waals surface area contributed by atoms with Crippen LogP contribution in [-0.2, 0) is 11.3 Å². The summed E-state index contributed by atoms with van der Waals surface area (Å²) in [5.41, 5.74) is 2.32. The van der Waals surface area contributed by atoms with Gasteiger partial charge in [-0.1, -0.05) is 25.0 Å². The number of amides is 1. The van der Waals surface area contributed by atoms with E-state index in [0.29, 0.717) is 6.54 Å². The van der Waals surface area contributed by atoms with Crippen molar-refractivity contribution in [1.29, 1.82) is 0 Å². The van der Waals surface area contributed by atoms with Gasteiger partial charge in [-0.2, -0.15) is 0 Å². The van der Waals surface area contributed by atoms with Crippen molar-refractivity contribution in [3.05, 3.63) is 60.1 Å². The van der Waals surface area contributed by atoms with E-state index in [9.17, 15) is 4.79 Å². The Balaban J connectivity index is 1.56. The summed E-state index contributed by atoms with van der Waals surface area (Å²) in [6, 6.07) is 12.2. The van der Waals surface area contributed by atoms with Crippen LogP contribution in [-0.4, -0.2) is 30.9 Å². The van der Waals surface area contributed by atoms with Crippen molar-refractivity contribution in [2.24, 2.45) is 0 Å². The van der Waals surface area contributed by atoms with Crippen molar-refractivity contribution in [1.82, 2.24) is 4.90 Å². The first-order valence-electron chi connectivity index (χ1n) is 9.03. The molecular formula is C21H26N2O2. The van der Waals surface area contributed by atoms with Gasteiger partial charge >= 0.3 is 0 Å². The minimum Gasteiger partial charge on any atom is -0.467 e. The molecular weight excluding hydrogens is 312 g/mol. The van der Waals surface area contributed by atoms with E-state index in [1.165, 1.54) is 31.4 Å². The van der Waals surface area contributed by atoms with Crippen molar-refractivity contribution < 1.29 is 9.21 Å². The van der Waals surface area contributed by atoms with Crippen molar-refractivity contribution in [2.45, 2.75) is 32.2 Å². The van der Waals surface area contributed by atoms with E-state index in [0.717, 1.165) is 24.4 Å². The Morgan fingerprint density at radius 3 is 2.48 bits per heavy atom. The molecule has 0 saturated carbocycles. The lowest BCUT2D eigenvalue weighted by atomic mass is 10.1.